The van der Waals surface area contributed by atoms with E-state index in [2.05, 4.69) is 22.2 Å². The molecule has 3 aromatic rings. The summed E-state index contributed by atoms with van der Waals surface area (Å²) in [5, 5.41) is 21.3. The van der Waals surface area contributed by atoms with Crippen molar-refractivity contribution in [1.29, 1.82) is 0 Å². The normalized spacial score (nSPS) is 12.9. The van der Waals surface area contributed by atoms with E-state index in [0.29, 0.717) is 17.8 Å². The minimum atomic E-state index is -0.537. The van der Waals surface area contributed by atoms with Gasteiger partial charge in [0.1, 0.15) is 0 Å². The Kier molecular flexibility index (Phi) is 5.24. The van der Waals surface area contributed by atoms with Crippen molar-refractivity contribution in [1.82, 2.24) is 5.48 Å². The highest BCUT2D eigenvalue weighted by Gasteiger charge is 2.24. The van der Waals surface area contributed by atoms with Gasteiger partial charge in [0.05, 0.1) is 17.1 Å². The Morgan fingerprint density at radius 2 is 1.69 bits per heavy atom. The van der Waals surface area contributed by atoms with Crippen molar-refractivity contribution in [2.45, 2.75) is 23.3 Å². The Morgan fingerprint density at radius 3 is 2.41 bits per heavy atom. The second-order valence-corrected chi connectivity index (χ2v) is 7.75. The topological polar surface area (TPSA) is 85.2 Å². The van der Waals surface area contributed by atoms with E-state index >= 15 is 0 Å². The second kappa shape index (κ2) is 7.98. The number of carbonyl (C=O) groups excluding carboxylic acids is 1. The fourth-order valence-corrected chi connectivity index (χ4v) is 4.37. The number of anilines is 2. The van der Waals surface area contributed by atoms with Crippen molar-refractivity contribution in [3.05, 3.63) is 83.4 Å². The van der Waals surface area contributed by atoms with Gasteiger partial charge in [0.15, 0.2) is 0 Å². The summed E-state index contributed by atoms with van der Waals surface area (Å²) >= 11 is 1.71. The van der Waals surface area contributed by atoms with E-state index in [-0.39, 0.29) is 0 Å². The van der Waals surface area contributed by atoms with Crippen molar-refractivity contribution in [2.24, 2.45) is 5.16 Å². The van der Waals surface area contributed by atoms with Crippen LogP contribution in [0.3, 0.4) is 0 Å². The van der Waals surface area contributed by atoms with E-state index in [4.69, 9.17) is 10.4 Å². The molecule has 4 rings (SSSR count). The molecule has 1 amide bonds. The minimum absolute atomic E-state index is 0.392. The highest BCUT2D eigenvalue weighted by atomic mass is 32.2. The van der Waals surface area contributed by atoms with E-state index in [1.807, 2.05) is 42.5 Å². The summed E-state index contributed by atoms with van der Waals surface area (Å²) in [5.41, 5.74) is 6.59. The van der Waals surface area contributed by atoms with Gasteiger partial charge in [-0.1, -0.05) is 47.2 Å². The first-order valence-corrected chi connectivity index (χ1v) is 9.83. The predicted octanol–water partition coefficient (Wildman–Crippen LogP) is 4.81. The van der Waals surface area contributed by atoms with Crippen LogP contribution in [0, 0.1) is 0 Å². The maximum atomic E-state index is 11.6. The molecule has 3 aromatic carbocycles. The van der Waals surface area contributed by atoms with E-state index in [1.54, 1.807) is 36.3 Å². The molecule has 0 fully saturated rings. The summed E-state index contributed by atoms with van der Waals surface area (Å²) in [4.78, 5) is 16.1. The monoisotopic (exact) mass is 405 g/mol. The number of rotatable bonds is 4. The summed E-state index contributed by atoms with van der Waals surface area (Å²) < 4.78 is 0. The Morgan fingerprint density at radius 1 is 1.00 bits per heavy atom. The summed E-state index contributed by atoms with van der Waals surface area (Å²) in [7, 11) is 0. The molecule has 6 nitrogen and oxygen atoms in total. The van der Waals surface area contributed by atoms with E-state index in [0.717, 1.165) is 32.3 Å². The van der Waals surface area contributed by atoms with Crippen LogP contribution in [0.5, 0.6) is 0 Å². The van der Waals surface area contributed by atoms with Gasteiger partial charge in [-0.05, 0) is 48.9 Å². The molecule has 1 aliphatic heterocycles. The second-order valence-electron chi connectivity index (χ2n) is 6.66. The summed E-state index contributed by atoms with van der Waals surface area (Å²) in [5.74, 6) is -0.537. The number of amides is 1. The van der Waals surface area contributed by atoms with Gasteiger partial charge >= 0.3 is 0 Å². The van der Waals surface area contributed by atoms with Gasteiger partial charge in [-0.3, -0.25) is 10.0 Å². The lowest BCUT2D eigenvalue weighted by Gasteiger charge is -2.33. The van der Waals surface area contributed by atoms with Gasteiger partial charge in [-0.2, -0.15) is 0 Å². The van der Waals surface area contributed by atoms with E-state index in [1.165, 1.54) is 0 Å². The average Bonchev–Trinajstić information content (AvgIpc) is 2.78. The first kappa shape index (κ1) is 19.0. The van der Waals surface area contributed by atoms with Gasteiger partial charge in [0.2, 0.25) is 0 Å². The van der Waals surface area contributed by atoms with Crippen molar-refractivity contribution in [3.8, 4) is 0 Å². The van der Waals surface area contributed by atoms with Crippen LogP contribution in [0.4, 0.5) is 11.4 Å². The number of oxime groups is 1. The number of nitrogens with zero attached hydrogens (tertiary/aromatic N) is 2. The first-order chi connectivity index (χ1) is 14.1. The molecule has 0 bridgehead atoms. The van der Waals surface area contributed by atoms with Crippen LogP contribution in [0.2, 0.25) is 0 Å². The van der Waals surface area contributed by atoms with Gasteiger partial charge < -0.3 is 10.1 Å². The maximum absolute atomic E-state index is 11.6. The summed E-state index contributed by atoms with van der Waals surface area (Å²) in [6.07, 6.45) is 0. The standard InChI is InChI=1S/C22H19N3O3S/c1-14(23-27)17-10-11-21-19(12-17)25(18-4-2-3-5-20(18)29-21)13-15-6-8-16(9-7-15)22(26)24-28/h2-12,27-28H,13H2,1H3,(H,24,26)/b23-14+. The molecular weight excluding hydrogens is 386 g/mol. The number of nitrogens with one attached hydrogen (secondary N) is 1. The van der Waals surface area contributed by atoms with Gasteiger partial charge in [0, 0.05) is 27.5 Å². The number of hydroxylamine groups is 1. The lowest BCUT2D eigenvalue weighted by molar-refractivity contribution is 0.0706. The zero-order valence-electron chi connectivity index (χ0n) is 15.7. The number of carbonyl (C=O) groups is 1. The quantitative estimate of drug-likeness (QED) is 0.251. The average molecular weight is 405 g/mol. The molecular formula is C22H19N3O3S. The first-order valence-electron chi connectivity index (χ1n) is 9.01. The molecule has 0 saturated carbocycles. The molecule has 0 aromatic heterocycles. The Labute approximate surface area is 172 Å². The zero-order chi connectivity index (χ0) is 20.4. The molecule has 3 N–H and O–H groups in total. The molecule has 7 heteroatoms. The van der Waals surface area contributed by atoms with Crippen LogP contribution in [-0.2, 0) is 6.54 Å². The highest BCUT2D eigenvalue weighted by molar-refractivity contribution is 7.99. The molecule has 0 saturated heterocycles. The third-order valence-electron chi connectivity index (χ3n) is 4.85. The molecule has 0 unspecified atom stereocenters. The van der Waals surface area contributed by atoms with Crippen LogP contribution in [-0.4, -0.2) is 22.0 Å². The SMILES string of the molecule is C/C(=N\O)c1ccc2c(c1)N(Cc1ccc(C(=O)NO)cc1)c1ccccc1S2. The van der Waals surface area contributed by atoms with Crippen LogP contribution in [0.1, 0.15) is 28.4 Å². The number of hydrogen-bond donors (Lipinski definition) is 3. The fourth-order valence-electron chi connectivity index (χ4n) is 3.29. The molecule has 29 heavy (non-hydrogen) atoms. The maximum Gasteiger partial charge on any atom is 0.274 e. The third-order valence-corrected chi connectivity index (χ3v) is 5.98. The number of hydrogen-bond acceptors (Lipinski definition) is 6. The zero-order valence-corrected chi connectivity index (χ0v) is 16.5. The number of fused-ring (bicyclic) bond motifs is 2. The van der Waals surface area contributed by atoms with Gasteiger partial charge in [-0.15, -0.1) is 0 Å². The van der Waals surface area contributed by atoms with Crippen LogP contribution in [0.25, 0.3) is 0 Å². The van der Waals surface area contributed by atoms with Crippen molar-refractivity contribution < 1.29 is 15.2 Å². The van der Waals surface area contributed by atoms with Gasteiger partial charge in [-0.25, -0.2) is 5.48 Å². The Bertz CT molecular complexity index is 1100. The van der Waals surface area contributed by atoms with Crippen LogP contribution in [0.15, 0.2) is 81.7 Å². The van der Waals surface area contributed by atoms with E-state index in [9.17, 15) is 4.79 Å². The molecule has 0 spiro atoms. The molecule has 1 aliphatic rings. The number of benzene rings is 3. The smallest absolute Gasteiger partial charge is 0.274 e. The largest absolute Gasteiger partial charge is 0.411 e. The van der Waals surface area contributed by atoms with Crippen molar-refractivity contribution >= 4 is 34.8 Å². The van der Waals surface area contributed by atoms with Crippen molar-refractivity contribution in [2.75, 3.05) is 4.90 Å². The fraction of sp³-hybridized carbons (Fsp3) is 0.0909. The van der Waals surface area contributed by atoms with Crippen LogP contribution < -0.4 is 10.4 Å². The summed E-state index contributed by atoms with van der Waals surface area (Å²) in [6, 6.07) is 21.4. The Balaban J connectivity index is 1.75. The van der Waals surface area contributed by atoms with Crippen LogP contribution >= 0.6 is 11.8 Å². The van der Waals surface area contributed by atoms with E-state index < -0.39 is 5.91 Å². The molecule has 0 aliphatic carbocycles. The Hall–Kier alpha value is -3.29. The van der Waals surface area contributed by atoms with Crippen molar-refractivity contribution in [3.63, 3.8) is 0 Å². The summed E-state index contributed by atoms with van der Waals surface area (Å²) in [6.45, 7) is 2.37. The molecule has 1 heterocycles. The highest BCUT2D eigenvalue weighted by Crippen LogP contribution is 2.48. The molecule has 0 atom stereocenters. The van der Waals surface area contributed by atoms with Gasteiger partial charge in [0.25, 0.3) is 5.91 Å². The number of para-hydroxylation sites is 1. The molecule has 0 radical (unpaired) electrons. The lowest BCUT2D eigenvalue weighted by atomic mass is 10.1. The molecule has 146 valence electrons. The predicted molar refractivity (Wildman–Crippen MR) is 113 cm³/mol. The third kappa shape index (κ3) is 3.70. The lowest BCUT2D eigenvalue weighted by Crippen LogP contribution is -2.21. The minimum Gasteiger partial charge on any atom is -0.411 e.